The molecule has 2 aromatic rings. The molecule has 1 aliphatic heterocycles. The Morgan fingerprint density at radius 1 is 1.31 bits per heavy atom. The van der Waals surface area contributed by atoms with Crippen LogP contribution in [0.4, 0.5) is 10.2 Å². The molecule has 0 N–H and O–H groups in total. The summed E-state index contributed by atoms with van der Waals surface area (Å²) < 4.78 is 19.3. The lowest BCUT2D eigenvalue weighted by Crippen LogP contribution is -2.69. The number of pyridine rings is 1. The van der Waals surface area contributed by atoms with Gasteiger partial charge in [-0.05, 0) is 30.9 Å². The van der Waals surface area contributed by atoms with Crippen LogP contribution in [-0.2, 0) is 4.79 Å². The zero-order valence-corrected chi connectivity index (χ0v) is 15.5. The fourth-order valence-electron chi connectivity index (χ4n) is 4.82. The van der Waals surface area contributed by atoms with Crippen LogP contribution in [0.1, 0.15) is 37.3 Å². The first-order valence-electron chi connectivity index (χ1n) is 9.32. The topological polar surface area (TPSA) is 84.9 Å². The summed E-state index contributed by atoms with van der Waals surface area (Å²) in [7, 11) is 0. The predicted molar refractivity (Wildman–Crippen MR) is 99.4 cm³/mol. The van der Waals surface area contributed by atoms with Gasteiger partial charge in [-0.2, -0.15) is 10.1 Å². The fraction of sp³-hybridized carbons (Fsp3) is 0.400. The second-order valence-corrected chi connectivity index (χ2v) is 8.06. The van der Waals surface area contributed by atoms with Crippen LogP contribution in [-0.4, -0.2) is 38.7 Å². The van der Waals surface area contributed by atoms with Gasteiger partial charge >= 0.3 is 0 Å². The number of carbonyl (C=O) groups excluding carboxylic acids is 1. The van der Waals surface area contributed by atoms with Crippen molar-refractivity contribution in [2.24, 2.45) is 15.9 Å². The molecule has 3 aliphatic carbocycles. The minimum atomic E-state index is -0.422. The minimum Gasteiger partial charge on any atom is -0.478 e. The highest BCUT2D eigenvalue weighted by molar-refractivity contribution is 5.88. The van der Waals surface area contributed by atoms with Gasteiger partial charge in [-0.25, -0.2) is 9.40 Å². The summed E-state index contributed by atoms with van der Waals surface area (Å²) in [5.41, 5.74) is 0.218. The Labute approximate surface area is 166 Å². The average molecular weight is 392 g/mol. The van der Waals surface area contributed by atoms with E-state index in [2.05, 4.69) is 24.9 Å². The van der Waals surface area contributed by atoms with Crippen LogP contribution in [0.25, 0.3) is 4.85 Å². The molecule has 8 nitrogen and oxygen atoms in total. The summed E-state index contributed by atoms with van der Waals surface area (Å²) in [4.78, 5) is 28.2. The minimum absolute atomic E-state index is 0.0142. The quantitative estimate of drug-likeness (QED) is 0.730. The third kappa shape index (κ3) is 2.83. The maximum atomic E-state index is 13.5. The molecule has 1 atom stereocenters. The standard InChI is InChI=1S/C20H17FN6O2/c1-22-16-5-17(25-12-24-16)29-11-19-8-20(9-19,10-19)18(28)27-15(2-3-26-27)13-4-14(21)7-23-6-13/h3-7,12,15H,2,8-11H2. The highest BCUT2D eigenvalue weighted by Crippen LogP contribution is 2.74. The molecule has 9 heteroatoms. The lowest BCUT2D eigenvalue weighted by atomic mass is 9.35. The van der Waals surface area contributed by atoms with Crippen LogP contribution in [0.15, 0.2) is 36.0 Å². The third-order valence-corrected chi connectivity index (χ3v) is 6.01. The van der Waals surface area contributed by atoms with E-state index in [1.165, 1.54) is 23.5 Å². The smallest absolute Gasteiger partial charge is 0.276 e. The first-order valence-corrected chi connectivity index (χ1v) is 9.32. The van der Waals surface area contributed by atoms with E-state index in [4.69, 9.17) is 11.3 Å². The van der Waals surface area contributed by atoms with E-state index in [1.54, 1.807) is 12.4 Å². The van der Waals surface area contributed by atoms with Gasteiger partial charge in [-0.15, -0.1) is 4.98 Å². The molecular weight excluding hydrogens is 375 g/mol. The number of amides is 1. The van der Waals surface area contributed by atoms with Crippen LogP contribution in [0.5, 0.6) is 5.88 Å². The predicted octanol–water partition coefficient (Wildman–Crippen LogP) is 3.07. The van der Waals surface area contributed by atoms with Crippen molar-refractivity contribution in [3.05, 3.63) is 53.7 Å². The van der Waals surface area contributed by atoms with E-state index in [0.717, 1.165) is 25.5 Å². The molecule has 0 aromatic carbocycles. The first-order chi connectivity index (χ1) is 14.0. The van der Waals surface area contributed by atoms with Crippen LogP contribution in [0.2, 0.25) is 0 Å². The van der Waals surface area contributed by atoms with Crippen molar-refractivity contribution < 1.29 is 13.9 Å². The Kier molecular flexibility index (Phi) is 3.84. The lowest BCUT2D eigenvalue weighted by molar-refractivity contribution is -0.227. The molecule has 2 aromatic heterocycles. The second kappa shape index (κ2) is 6.30. The van der Waals surface area contributed by atoms with Crippen LogP contribution in [0, 0.1) is 23.2 Å². The molecule has 29 heavy (non-hydrogen) atoms. The van der Waals surface area contributed by atoms with Crippen molar-refractivity contribution in [2.75, 3.05) is 6.61 Å². The van der Waals surface area contributed by atoms with Crippen LogP contribution >= 0.6 is 0 Å². The molecule has 0 radical (unpaired) electrons. The van der Waals surface area contributed by atoms with Gasteiger partial charge in [0.1, 0.15) is 5.82 Å². The lowest BCUT2D eigenvalue weighted by Gasteiger charge is -2.69. The number of carbonyl (C=O) groups is 1. The number of hydrogen-bond acceptors (Lipinski definition) is 6. The number of nitrogens with zero attached hydrogens (tertiary/aromatic N) is 6. The zero-order valence-electron chi connectivity index (χ0n) is 15.5. The molecule has 3 saturated carbocycles. The van der Waals surface area contributed by atoms with Crippen molar-refractivity contribution in [3.8, 4) is 5.88 Å². The molecule has 1 unspecified atom stereocenters. The Morgan fingerprint density at radius 2 is 2.14 bits per heavy atom. The van der Waals surface area contributed by atoms with Gasteiger partial charge in [0, 0.05) is 30.3 Å². The van der Waals surface area contributed by atoms with E-state index < -0.39 is 11.2 Å². The highest BCUT2D eigenvalue weighted by atomic mass is 19.1. The Bertz CT molecular complexity index is 1050. The van der Waals surface area contributed by atoms with Crippen molar-refractivity contribution in [2.45, 2.75) is 31.7 Å². The molecule has 0 saturated heterocycles. The van der Waals surface area contributed by atoms with Gasteiger partial charge < -0.3 is 9.58 Å². The Morgan fingerprint density at radius 3 is 2.90 bits per heavy atom. The molecule has 6 rings (SSSR count). The normalized spacial score (nSPS) is 29.0. The summed E-state index contributed by atoms with van der Waals surface area (Å²) in [6.07, 6.45) is 8.50. The summed E-state index contributed by atoms with van der Waals surface area (Å²) in [6, 6.07) is 2.61. The van der Waals surface area contributed by atoms with E-state index in [-0.39, 0.29) is 23.2 Å². The Hall–Kier alpha value is -3.41. The van der Waals surface area contributed by atoms with Gasteiger partial charge in [0.05, 0.1) is 24.3 Å². The molecule has 3 fully saturated rings. The number of halogens is 1. The summed E-state index contributed by atoms with van der Waals surface area (Å²) in [6.45, 7) is 7.45. The SMILES string of the molecule is [C-]#[N+]c1cc(OCC23CC(C(=O)N4N=CCC4c4cncc(F)c4)(C2)C3)ncn1. The highest BCUT2D eigenvalue weighted by Gasteiger charge is 2.73. The molecule has 146 valence electrons. The second-order valence-electron chi connectivity index (χ2n) is 8.06. The van der Waals surface area contributed by atoms with Gasteiger partial charge in [-0.1, -0.05) is 6.57 Å². The van der Waals surface area contributed by atoms with Gasteiger partial charge in [0.15, 0.2) is 0 Å². The summed E-state index contributed by atoms with van der Waals surface area (Å²) in [5, 5.41) is 5.76. The van der Waals surface area contributed by atoms with Crippen LogP contribution in [0.3, 0.4) is 0 Å². The van der Waals surface area contributed by atoms with Crippen molar-refractivity contribution >= 4 is 17.9 Å². The van der Waals surface area contributed by atoms with Gasteiger partial charge in [0.25, 0.3) is 5.82 Å². The average Bonchev–Trinajstić information content (AvgIpc) is 3.16. The van der Waals surface area contributed by atoms with Crippen LogP contribution < -0.4 is 4.74 Å². The summed E-state index contributed by atoms with van der Waals surface area (Å²) in [5.74, 6) is 0.178. The monoisotopic (exact) mass is 392 g/mol. The fourth-order valence-corrected chi connectivity index (χ4v) is 4.82. The van der Waals surface area contributed by atoms with Gasteiger partial charge in [0.2, 0.25) is 18.1 Å². The molecule has 3 heterocycles. The number of aromatic nitrogens is 3. The van der Waals surface area contributed by atoms with Gasteiger partial charge in [-0.3, -0.25) is 9.78 Å². The van der Waals surface area contributed by atoms with Crippen molar-refractivity contribution in [3.63, 3.8) is 0 Å². The number of hydrogen-bond donors (Lipinski definition) is 0. The Balaban J connectivity index is 1.22. The van der Waals surface area contributed by atoms with Crippen molar-refractivity contribution in [1.82, 2.24) is 20.0 Å². The third-order valence-electron chi connectivity index (χ3n) is 6.01. The molecule has 2 bridgehead atoms. The number of ether oxygens (including phenoxy) is 1. The number of hydrazone groups is 1. The van der Waals surface area contributed by atoms with E-state index in [0.29, 0.717) is 24.5 Å². The van der Waals surface area contributed by atoms with E-state index in [9.17, 15) is 9.18 Å². The largest absolute Gasteiger partial charge is 0.478 e. The van der Waals surface area contributed by atoms with Crippen molar-refractivity contribution in [1.29, 1.82) is 0 Å². The van der Waals surface area contributed by atoms with E-state index in [1.807, 2.05) is 0 Å². The maximum Gasteiger partial charge on any atom is 0.276 e. The molecule has 0 spiro atoms. The number of rotatable bonds is 5. The van der Waals surface area contributed by atoms with E-state index >= 15 is 0 Å². The first kappa shape index (κ1) is 17.7. The molecular formula is C20H17FN6O2. The molecule has 1 amide bonds. The maximum absolute atomic E-state index is 13.5. The molecule has 4 aliphatic rings. The summed E-state index contributed by atoms with van der Waals surface area (Å²) >= 11 is 0. The zero-order chi connectivity index (χ0) is 20.1.